The summed E-state index contributed by atoms with van der Waals surface area (Å²) in [4.78, 5) is 14.4. The smallest absolute Gasteiger partial charge is 0.233 e. The molecule has 6 nitrogen and oxygen atoms in total. The van der Waals surface area contributed by atoms with E-state index in [1.165, 1.54) is 23.7 Å². The largest absolute Gasteiger partial charge is 0.342 e. The van der Waals surface area contributed by atoms with Crippen molar-refractivity contribution in [1.82, 2.24) is 24.7 Å². The Morgan fingerprint density at radius 2 is 1.81 bits per heavy atom. The molecule has 140 valence electrons. The Morgan fingerprint density at radius 1 is 1.04 bits per heavy atom. The van der Waals surface area contributed by atoms with Gasteiger partial charge >= 0.3 is 0 Å². The first-order valence-corrected chi connectivity index (χ1v) is 10.5. The first-order valence-electron chi connectivity index (χ1n) is 9.47. The second kappa shape index (κ2) is 8.08. The van der Waals surface area contributed by atoms with Crippen LogP contribution in [-0.4, -0.2) is 49.5 Å². The molecule has 0 N–H and O–H groups in total. The van der Waals surface area contributed by atoms with E-state index in [-0.39, 0.29) is 5.91 Å². The predicted octanol–water partition coefficient (Wildman–Crippen LogP) is 3.46. The number of aromatic nitrogens is 4. The second-order valence-electron chi connectivity index (χ2n) is 6.75. The van der Waals surface area contributed by atoms with Crippen molar-refractivity contribution < 1.29 is 4.79 Å². The monoisotopic (exact) mass is 381 g/mol. The third kappa shape index (κ3) is 3.98. The number of fused-ring (bicyclic) bond motifs is 1. The van der Waals surface area contributed by atoms with Crippen LogP contribution in [0.15, 0.2) is 41.6 Å². The fourth-order valence-electron chi connectivity index (χ4n) is 3.29. The third-order valence-corrected chi connectivity index (χ3v) is 5.83. The van der Waals surface area contributed by atoms with Gasteiger partial charge in [-0.05, 0) is 43.4 Å². The molecule has 3 heterocycles. The molecule has 0 spiro atoms. The summed E-state index contributed by atoms with van der Waals surface area (Å²) in [5.41, 5.74) is 3.92. The topological polar surface area (TPSA) is 63.4 Å². The molecule has 0 aliphatic carbocycles. The molecule has 4 rings (SSSR count). The normalized spacial score (nSPS) is 14.6. The van der Waals surface area contributed by atoms with Gasteiger partial charge in [-0.2, -0.15) is 9.61 Å². The van der Waals surface area contributed by atoms with Crippen molar-refractivity contribution in [3.8, 4) is 11.3 Å². The van der Waals surface area contributed by atoms with Crippen LogP contribution in [0.4, 0.5) is 0 Å². The van der Waals surface area contributed by atoms with Gasteiger partial charge in [-0.15, -0.1) is 10.2 Å². The molecule has 0 radical (unpaired) electrons. The summed E-state index contributed by atoms with van der Waals surface area (Å²) in [6.45, 7) is 3.89. The van der Waals surface area contributed by atoms with E-state index in [0.717, 1.165) is 43.6 Å². The summed E-state index contributed by atoms with van der Waals surface area (Å²) in [5, 5.41) is 13.7. The maximum absolute atomic E-state index is 12.4. The van der Waals surface area contributed by atoms with Gasteiger partial charge in [0.05, 0.1) is 11.4 Å². The molecular formula is C20H23N5OS. The first-order chi connectivity index (χ1) is 13.2. The summed E-state index contributed by atoms with van der Waals surface area (Å²) < 4.78 is 1.73. The van der Waals surface area contributed by atoms with Crippen LogP contribution in [-0.2, 0) is 11.2 Å². The zero-order valence-corrected chi connectivity index (χ0v) is 16.3. The number of piperidine rings is 1. The first kappa shape index (κ1) is 18.0. The quantitative estimate of drug-likeness (QED) is 0.634. The zero-order valence-electron chi connectivity index (χ0n) is 15.5. The Labute approximate surface area is 163 Å². The highest BCUT2D eigenvalue weighted by Gasteiger charge is 2.18. The van der Waals surface area contributed by atoms with E-state index in [1.54, 1.807) is 4.52 Å². The van der Waals surface area contributed by atoms with Crippen molar-refractivity contribution in [2.45, 2.75) is 37.8 Å². The maximum atomic E-state index is 12.4. The Bertz CT molecular complexity index is 931. The van der Waals surface area contributed by atoms with E-state index in [0.29, 0.717) is 16.6 Å². The van der Waals surface area contributed by atoms with Gasteiger partial charge in [-0.1, -0.05) is 43.0 Å². The maximum Gasteiger partial charge on any atom is 0.233 e. The molecule has 1 aromatic carbocycles. The molecule has 1 saturated heterocycles. The summed E-state index contributed by atoms with van der Waals surface area (Å²) in [5.74, 6) is 0.542. The van der Waals surface area contributed by atoms with Crippen molar-refractivity contribution >= 4 is 23.3 Å². The lowest BCUT2D eigenvalue weighted by molar-refractivity contribution is -0.129. The Balaban J connectivity index is 1.52. The van der Waals surface area contributed by atoms with E-state index in [2.05, 4.69) is 41.4 Å². The van der Waals surface area contributed by atoms with Crippen molar-refractivity contribution in [3.05, 3.63) is 42.0 Å². The molecule has 2 aromatic heterocycles. The van der Waals surface area contributed by atoms with Crippen LogP contribution in [0.3, 0.4) is 0 Å². The van der Waals surface area contributed by atoms with Gasteiger partial charge in [0.2, 0.25) is 11.1 Å². The summed E-state index contributed by atoms with van der Waals surface area (Å²) in [6, 6.07) is 12.3. The number of hydrogen-bond acceptors (Lipinski definition) is 5. The highest BCUT2D eigenvalue weighted by Crippen LogP contribution is 2.22. The molecule has 3 aromatic rings. The van der Waals surface area contributed by atoms with Crippen LogP contribution in [0, 0.1) is 0 Å². The van der Waals surface area contributed by atoms with Gasteiger partial charge in [-0.25, -0.2) is 0 Å². The average molecular weight is 382 g/mol. The van der Waals surface area contributed by atoms with Gasteiger partial charge in [0, 0.05) is 18.7 Å². The number of carbonyl (C=O) groups is 1. The van der Waals surface area contributed by atoms with Crippen LogP contribution in [0.5, 0.6) is 0 Å². The number of hydrogen-bond donors (Lipinski definition) is 0. The lowest BCUT2D eigenvalue weighted by Crippen LogP contribution is -2.36. The minimum atomic E-state index is 0.169. The van der Waals surface area contributed by atoms with Crippen LogP contribution < -0.4 is 0 Å². The zero-order chi connectivity index (χ0) is 18.6. The van der Waals surface area contributed by atoms with E-state index in [4.69, 9.17) is 5.10 Å². The SMILES string of the molecule is CCc1ccc(-c2ccc3nnc(SCC(=O)N4CCCCC4)n3n2)cc1. The fraction of sp³-hybridized carbons (Fsp3) is 0.400. The molecule has 1 aliphatic heterocycles. The standard InChI is InChI=1S/C20H23N5OS/c1-2-15-6-8-16(9-7-15)17-10-11-18-21-22-20(25(18)23-17)27-14-19(26)24-12-4-3-5-13-24/h6-11H,2-5,12-14H2,1H3. The number of thioether (sulfide) groups is 1. The Morgan fingerprint density at radius 3 is 2.56 bits per heavy atom. The fourth-order valence-corrected chi connectivity index (χ4v) is 4.08. The molecule has 7 heteroatoms. The molecular weight excluding hydrogens is 358 g/mol. The number of aryl methyl sites for hydroxylation is 1. The molecule has 27 heavy (non-hydrogen) atoms. The summed E-state index contributed by atoms with van der Waals surface area (Å²) in [6.07, 6.45) is 4.44. The molecule has 0 atom stereocenters. The number of carbonyl (C=O) groups excluding carboxylic acids is 1. The van der Waals surface area contributed by atoms with E-state index in [1.807, 2.05) is 17.0 Å². The van der Waals surface area contributed by atoms with Crippen LogP contribution in [0.1, 0.15) is 31.7 Å². The molecule has 0 unspecified atom stereocenters. The molecule has 1 aliphatic rings. The number of amides is 1. The van der Waals surface area contributed by atoms with E-state index in [9.17, 15) is 4.79 Å². The van der Waals surface area contributed by atoms with Crippen LogP contribution in [0.25, 0.3) is 16.9 Å². The van der Waals surface area contributed by atoms with Gasteiger partial charge in [0.25, 0.3) is 0 Å². The van der Waals surface area contributed by atoms with E-state index >= 15 is 0 Å². The molecule has 0 saturated carbocycles. The Hall–Kier alpha value is -2.41. The molecule has 1 amide bonds. The van der Waals surface area contributed by atoms with Crippen molar-refractivity contribution in [3.63, 3.8) is 0 Å². The van der Waals surface area contributed by atoms with Gasteiger partial charge < -0.3 is 4.90 Å². The highest BCUT2D eigenvalue weighted by molar-refractivity contribution is 7.99. The van der Waals surface area contributed by atoms with Gasteiger partial charge in [-0.3, -0.25) is 4.79 Å². The van der Waals surface area contributed by atoms with Crippen molar-refractivity contribution in [1.29, 1.82) is 0 Å². The minimum Gasteiger partial charge on any atom is -0.342 e. The summed E-state index contributed by atoms with van der Waals surface area (Å²) >= 11 is 1.40. The highest BCUT2D eigenvalue weighted by atomic mass is 32.2. The van der Waals surface area contributed by atoms with Crippen LogP contribution >= 0.6 is 11.8 Å². The third-order valence-electron chi connectivity index (χ3n) is 4.93. The van der Waals surface area contributed by atoms with Crippen molar-refractivity contribution in [2.75, 3.05) is 18.8 Å². The number of rotatable bonds is 5. The van der Waals surface area contributed by atoms with Gasteiger partial charge in [0.1, 0.15) is 0 Å². The number of likely N-dealkylation sites (tertiary alicyclic amines) is 1. The van der Waals surface area contributed by atoms with E-state index < -0.39 is 0 Å². The average Bonchev–Trinajstić information content (AvgIpc) is 3.15. The van der Waals surface area contributed by atoms with Gasteiger partial charge in [0.15, 0.2) is 5.65 Å². The lowest BCUT2D eigenvalue weighted by Gasteiger charge is -2.26. The van der Waals surface area contributed by atoms with Crippen LogP contribution in [0.2, 0.25) is 0 Å². The predicted molar refractivity (Wildman–Crippen MR) is 107 cm³/mol. The minimum absolute atomic E-state index is 0.169. The number of benzene rings is 1. The van der Waals surface area contributed by atoms with Crippen molar-refractivity contribution in [2.24, 2.45) is 0 Å². The Kier molecular flexibility index (Phi) is 5.38. The molecule has 1 fully saturated rings. The second-order valence-corrected chi connectivity index (χ2v) is 7.69. The molecule has 0 bridgehead atoms. The summed E-state index contributed by atoms with van der Waals surface area (Å²) in [7, 11) is 0. The lowest BCUT2D eigenvalue weighted by atomic mass is 10.1. The number of nitrogens with zero attached hydrogens (tertiary/aromatic N) is 5.